The van der Waals surface area contributed by atoms with E-state index in [4.69, 9.17) is 0 Å². The Kier molecular flexibility index (Phi) is 3.63. The highest BCUT2D eigenvalue weighted by Gasteiger charge is 2.31. The Labute approximate surface area is 126 Å². The molecule has 1 aliphatic heterocycles. The topological polar surface area (TPSA) is 115 Å². The molecule has 1 aromatic carbocycles. The van der Waals surface area contributed by atoms with Crippen molar-refractivity contribution in [3.63, 3.8) is 0 Å². The largest absolute Gasteiger partial charge is 0.326 e. The Morgan fingerprint density at radius 3 is 2.73 bits per heavy atom. The average molecular weight is 324 g/mol. The maximum Gasteiger partial charge on any atom is 0.326 e. The van der Waals surface area contributed by atoms with Crippen LogP contribution in [0.1, 0.15) is 6.92 Å². The van der Waals surface area contributed by atoms with Gasteiger partial charge in [-0.1, -0.05) is 0 Å². The first-order valence-electron chi connectivity index (χ1n) is 6.88. The van der Waals surface area contributed by atoms with Crippen molar-refractivity contribution in [2.24, 2.45) is 0 Å². The lowest BCUT2D eigenvalue weighted by Gasteiger charge is -2.32. The number of benzene rings is 1. The summed E-state index contributed by atoms with van der Waals surface area (Å²) in [5.41, 5.74) is -0.922. The third-order valence-corrected chi connectivity index (χ3v) is 5.77. The van der Waals surface area contributed by atoms with Gasteiger partial charge in [-0.05, 0) is 25.1 Å². The monoisotopic (exact) mass is 324 g/mol. The van der Waals surface area contributed by atoms with E-state index < -0.39 is 21.3 Å². The van der Waals surface area contributed by atoms with Gasteiger partial charge in [-0.25, -0.2) is 13.2 Å². The Hall–Kier alpha value is -1.97. The minimum atomic E-state index is -3.68. The first kappa shape index (κ1) is 14.9. The van der Waals surface area contributed by atoms with Crippen LogP contribution in [0.5, 0.6) is 0 Å². The zero-order valence-corrected chi connectivity index (χ0v) is 12.7. The fourth-order valence-electron chi connectivity index (χ4n) is 2.62. The van der Waals surface area contributed by atoms with Gasteiger partial charge in [0.25, 0.3) is 5.56 Å². The summed E-state index contributed by atoms with van der Waals surface area (Å²) in [7, 11) is -3.68. The minimum Gasteiger partial charge on any atom is -0.314 e. The van der Waals surface area contributed by atoms with Crippen LogP contribution >= 0.6 is 0 Å². The Bertz CT molecular complexity index is 931. The highest BCUT2D eigenvalue weighted by atomic mass is 32.2. The molecule has 0 saturated carbocycles. The molecule has 0 spiro atoms. The summed E-state index contributed by atoms with van der Waals surface area (Å²) < 4.78 is 26.9. The van der Waals surface area contributed by atoms with Gasteiger partial charge < -0.3 is 10.3 Å². The predicted molar refractivity (Wildman–Crippen MR) is 81.4 cm³/mol. The number of hydrogen-bond donors (Lipinski definition) is 3. The Balaban J connectivity index is 2.13. The molecule has 1 unspecified atom stereocenters. The van der Waals surface area contributed by atoms with Gasteiger partial charge in [-0.2, -0.15) is 4.31 Å². The van der Waals surface area contributed by atoms with Crippen molar-refractivity contribution in [2.75, 3.05) is 19.6 Å². The smallest absolute Gasteiger partial charge is 0.314 e. The number of nitrogens with zero attached hydrogens (tertiary/aromatic N) is 1. The van der Waals surface area contributed by atoms with E-state index in [0.29, 0.717) is 25.2 Å². The molecule has 1 atom stereocenters. The third kappa shape index (κ3) is 2.47. The number of nitrogens with one attached hydrogen (secondary N) is 3. The van der Waals surface area contributed by atoms with E-state index in [1.807, 2.05) is 6.92 Å². The molecule has 118 valence electrons. The molecular weight excluding hydrogens is 308 g/mol. The molecule has 0 bridgehead atoms. The molecular formula is C13H16N4O4S. The van der Waals surface area contributed by atoms with Crippen LogP contribution in [-0.2, 0) is 10.0 Å². The van der Waals surface area contributed by atoms with E-state index in [-0.39, 0.29) is 16.3 Å². The second-order valence-corrected chi connectivity index (χ2v) is 7.18. The molecule has 22 heavy (non-hydrogen) atoms. The van der Waals surface area contributed by atoms with E-state index in [2.05, 4.69) is 15.3 Å². The van der Waals surface area contributed by atoms with Crippen LogP contribution in [0.25, 0.3) is 10.9 Å². The van der Waals surface area contributed by atoms with Gasteiger partial charge in [0.1, 0.15) is 0 Å². The van der Waals surface area contributed by atoms with Gasteiger partial charge in [0, 0.05) is 25.7 Å². The number of aromatic amines is 2. The lowest BCUT2D eigenvalue weighted by Crippen LogP contribution is -2.52. The molecule has 1 fully saturated rings. The van der Waals surface area contributed by atoms with Crippen LogP contribution in [0.3, 0.4) is 0 Å². The molecule has 0 amide bonds. The van der Waals surface area contributed by atoms with Gasteiger partial charge in [0.05, 0.1) is 15.8 Å². The first-order valence-corrected chi connectivity index (χ1v) is 8.32. The molecule has 1 aromatic heterocycles. The number of piperazine rings is 1. The van der Waals surface area contributed by atoms with Crippen molar-refractivity contribution in [3.05, 3.63) is 39.0 Å². The summed E-state index contributed by atoms with van der Waals surface area (Å²) in [6, 6.07) is 3.98. The molecule has 2 heterocycles. The van der Waals surface area contributed by atoms with Gasteiger partial charge in [-0.3, -0.25) is 9.78 Å². The molecule has 0 radical (unpaired) electrons. The van der Waals surface area contributed by atoms with E-state index in [0.717, 1.165) is 0 Å². The molecule has 0 aliphatic carbocycles. The summed E-state index contributed by atoms with van der Waals surface area (Å²) >= 11 is 0. The number of fused-ring (bicyclic) bond motifs is 1. The second-order valence-electron chi connectivity index (χ2n) is 5.28. The Morgan fingerprint density at radius 2 is 2.00 bits per heavy atom. The number of aromatic nitrogens is 2. The molecule has 1 saturated heterocycles. The minimum absolute atomic E-state index is 0.0475. The van der Waals surface area contributed by atoms with Crippen molar-refractivity contribution in [1.82, 2.24) is 19.6 Å². The summed E-state index contributed by atoms with van der Waals surface area (Å²) in [6.45, 7) is 3.38. The molecule has 3 N–H and O–H groups in total. The van der Waals surface area contributed by atoms with Crippen LogP contribution in [0.2, 0.25) is 0 Å². The molecule has 3 rings (SSSR count). The first-order chi connectivity index (χ1) is 10.4. The summed E-state index contributed by atoms with van der Waals surface area (Å²) in [5.74, 6) is 0. The van der Waals surface area contributed by atoms with Crippen LogP contribution in [-0.4, -0.2) is 48.4 Å². The maximum absolute atomic E-state index is 12.7. The van der Waals surface area contributed by atoms with Gasteiger partial charge in [0.2, 0.25) is 10.0 Å². The quantitative estimate of drug-likeness (QED) is 0.669. The van der Waals surface area contributed by atoms with Crippen molar-refractivity contribution in [3.8, 4) is 0 Å². The molecule has 1 aliphatic rings. The average Bonchev–Trinajstić information content (AvgIpc) is 2.47. The molecule has 9 heteroatoms. The standard InChI is InChI=1S/C13H16N4O4S/c1-8-7-14-4-5-17(8)22(20,21)9-2-3-11-10(6-9)12(18)16-13(19)15-11/h2-3,6,8,14H,4-5,7H2,1H3,(H2,15,16,18,19). The van der Waals surface area contributed by atoms with Gasteiger partial charge in [-0.15, -0.1) is 0 Å². The Morgan fingerprint density at radius 1 is 1.23 bits per heavy atom. The fraction of sp³-hybridized carbons (Fsp3) is 0.385. The van der Waals surface area contributed by atoms with E-state index >= 15 is 0 Å². The molecule has 2 aromatic rings. The number of H-pyrrole nitrogens is 2. The van der Waals surface area contributed by atoms with Crippen LogP contribution in [0.4, 0.5) is 0 Å². The van der Waals surface area contributed by atoms with Crippen LogP contribution < -0.4 is 16.6 Å². The van der Waals surface area contributed by atoms with E-state index in [1.165, 1.54) is 22.5 Å². The van der Waals surface area contributed by atoms with Gasteiger partial charge >= 0.3 is 5.69 Å². The normalized spacial score (nSPS) is 20.3. The predicted octanol–water partition coefficient (Wildman–Crippen LogP) is -0.801. The van der Waals surface area contributed by atoms with Crippen molar-refractivity contribution in [2.45, 2.75) is 17.9 Å². The second kappa shape index (κ2) is 5.34. The van der Waals surface area contributed by atoms with Crippen molar-refractivity contribution < 1.29 is 8.42 Å². The van der Waals surface area contributed by atoms with Crippen molar-refractivity contribution >= 4 is 20.9 Å². The highest BCUT2D eigenvalue weighted by Crippen LogP contribution is 2.21. The zero-order valence-electron chi connectivity index (χ0n) is 11.9. The third-order valence-electron chi connectivity index (χ3n) is 3.76. The lowest BCUT2D eigenvalue weighted by atomic mass is 10.2. The highest BCUT2D eigenvalue weighted by molar-refractivity contribution is 7.89. The van der Waals surface area contributed by atoms with E-state index in [9.17, 15) is 18.0 Å². The fourth-order valence-corrected chi connectivity index (χ4v) is 4.28. The van der Waals surface area contributed by atoms with Crippen molar-refractivity contribution in [1.29, 1.82) is 0 Å². The summed E-state index contributed by atoms with van der Waals surface area (Å²) in [6.07, 6.45) is 0. The lowest BCUT2D eigenvalue weighted by molar-refractivity contribution is 0.284. The number of sulfonamides is 1. The molecule has 8 nitrogen and oxygen atoms in total. The number of hydrogen-bond acceptors (Lipinski definition) is 5. The summed E-state index contributed by atoms with van der Waals surface area (Å²) in [4.78, 5) is 27.7. The van der Waals surface area contributed by atoms with E-state index in [1.54, 1.807) is 0 Å². The zero-order chi connectivity index (χ0) is 15.9. The van der Waals surface area contributed by atoms with Crippen LogP contribution in [0, 0.1) is 0 Å². The number of rotatable bonds is 2. The SMILES string of the molecule is CC1CNCCN1S(=O)(=O)c1ccc2[nH]c(=O)[nH]c(=O)c2c1. The maximum atomic E-state index is 12.7. The van der Waals surface area contributed by atoms with Gasteiger partial charge in [0.15, 0.2) is 0 Å². The summed E-state index contributed by atoms with van der Waals surface area (Å²) in [5, 5.41) is 3.27. The van der Waals surface area contributed by atoms with Crippen LogP contribution in [0.15, 0.2) is 32.7 Å².